The molecule has 4 rings (SSSR count). The summed E-state index contributed by atoms with van der Waals surface area (Å²) in [5.74, 6) is 0.356. The Morgan fingerprint density at radius 1 is 0.889 bits per heavy atom. The van der Waals surface area contributed by atoms with Gasteiger partial charge in [0.1, 0.15) is 0 Å². The number of H-pyrrole nitrogens is 2. The first-order chi connectivity index (χ1) is 12.7. The van der Waals surface area contributed by atoms with E-state index in [9.17, 15) is 0 Å². The van der Waals surface area contributed by atoms with Crippen LogP contribution in [0.2, 0.25) is 10.0 Å². The number of halogens is 2. The predicted molar refractivity (Wildman–Crippen MR) is 118 cm³/mol. The van der Waals surface area contributed by atoms with Crippen molar-refractivity contribution >= 4 is 45.0 Å². The van der Waals surface area contributed by atoms with Crippen LogP contribution in [-0.4, -0.2) is 9.97 Å². The molecule has 0 amide bonds. The molecular weight excluding hydrogens is 375 g/mol. The van der Waals surface area contributed by atoms with Crippen LogP contribution in [0.4, 0.5) is 0 Å². The van der Waals surface area contributed by atoms with E-state index < -0.39 is 0 Å². The zero-order chi connectivity index (χ0) is 19.5. The molecule has 27 heavy (non-hydrogen) atoms. The van der Waals surface area contributed by atoms with Crippen LogP contribution in [0.15, 0.2) is 36.5 Å². The van der Waals surface area contributed by atoms with E-state index in [4.69, 9.17) is 23.2 Å². The Hall–Kier alpha value is -1.90. The van der Waals surface area contributed by atoms with Crippen molar-refractivity contribution in [1.82, 2.24) is 9.97 Å². The minimum atomic E-state index is 0.0826. The Balaban J connectivity index is 2.00. The first kappa shape index (κ1) is 18.5. The fraction of sp³-hybridized carbons (Fsp3) is 0.304. The Bertz CT molecular complexity index is 1160. The summed E-state index contributed by atoms with van der Waals surface area (Å²) in [7, 11) is 0. The van der Waals surface area contributed by atoms with Gasteiger partial charge in [-0.1, -0.05) is 63.9 Å². The van der Waals surface area contributed by atoms with Gasteiger partial charge in [0.05, 0.1) is 10.0 Å². The summed E-state index contributed by atoms with van der Waals surface area (Å²) in [5, 5.41) is 3.57. The van der Waals surface area contributed by atoms with Crippen molar-refractivity contribution < 1.29 is 0 Å². The van der Waals surface area contributed by atoms with Gasteiger partial charge in [-0.15, -0.1) is 0 Å². The monoisotopic (exact) mass is 398 g/mol. The van der Waals surface area contributed by atoms with Gasteiger partial charge in [0.2, 0.25) is 0 Å². The van der Waals surface area contributed by atoms with E-state index in [-0.39, 0.29) is 5.41 Å². The van der Waals surface area contributed by atoms with Gasteiger partial charge in [-0.3, -0.25) is 0 Å². The number of rotatable bonds is 2. The molecule has 0 aliphatic carbocycles. The van der Waals surface area contributed by atoms with Crippen molar-refractivity contribution in [3.63, 3.8) is 0 Å². The van der Waals surface area contributed by atoms with Crippen LogP contribution in [0.3, 0.4) is 0 Å². The lowest BCUT2D eigenvalue weighted by Crippen LogP contribution is -2.09. The fourth-order valence-electron chi connectivity index (χ4n) is 3.93. The maximum atomic E-state index is 6.30. The van der Waals surface area contributed by atoms with Crippen molar-refractivity contribution in [1.29, 1.82) is 0 Å². The molecule has 0 aliphatic heterocycles. The van der Waals surface area contributed by atoms with Gasteiger partial charge in [0, 0.05) is 33.7 Å². The molecule has 0 unspecified atom stereocenters. The van der Waals surface area contributed by atoms with Gasteiger partial charge in [-0.2, -0.15) is 0 Å². The molecule has 0 saturated carbocycles. The van der Waals surface area contributed by atoms with Crippen LogP contribution in [-0.2, 0) is 5.41 Å². The Labute approximate surface area is 169 Å². The number of benzene rings is 2. The fourth-order valence-corrected chi connectivity index (χ4v) is 4.26. The van der Waals surface area contributed by atoms with Crippen LogP contribution in [0, 0.1) is 0 Å². The highest BCUT2D eigenvalue weighted by Gasteiger charge is 2.21. The van der Waals surface area contributed by atoms with Crippen molar-refractivity contribution in [3.05, 3.63) is 57.7 Å². The van der Waals surface area contributed by atoms with Gasteiger partial charge < -0.3 is 9.97 Å². The van der Waals surface area contributed by atoms with Gasteiger partial charge >= 0.3 is 0 Å². The molecule has 2 heterocycles. The lowest BCUT2D eigenvalue weighted by molar-refractivity contribution is 0.596. The molecule has 0 fully saturated rings. The van der Waals surface area contributed by atoms with Crippen molar-refractivity contribution in [2.45, 2.75) is 46.0 Å². The normalized spacial score (nSPS) is 12.6. The Morgan fingerprint density at radius 2 is 1.59 bits per heavy atom. The topological polar surface area (TPSA) is 31.6 Å². The van der Waals surface area contributed by atoms with Gasteiger partial charge in [-0.05, 0) is 52.3 Å². The number of fused-ring (bicyclic) bond motifs is 2. The van der Waals surface area contributed by atoms with E-state index in [2.05, 4.69) is 69.0 Å². The lowest BCUT2D eigenvalue weighted by atomic mass is 9.86. The van der Waals surface area contributed by atoms with Crippen molar-refractivity contribution in [3.8, 4) is 11.3 Å². The highest BCUT2D eigenvalue weighted by atomic mass is 35.5. The zero-order valence-electron chi connectivity index (χ0n) is 16.3. The summed E-state index contributed by atoms with van der Waals surface area (Å²) in [6, 6.07) is 10.5. The summed E-state index contributed by atoms with van der Waals surface area (Å²) in [5.41, 5.74) is 7.19. The molecule has 2 aromatic carbocycles. The second-order valence-electron chi connectivity index (χ2n) is 8.59. The number of hydrogen-bond donors (Lipinski definition) is 2. The van der Waals surface area contributed by atoms with E-state index in [0.29, 0.717) is 16.0 Å². The molecule has 0 radical (unpaired) electrons. The molecule has 0 saturated heterocycles. The van der Waals surface area contributed by atoms with Crippen LogP contribution in [0.25, 0.3) is 33.1 Å². The molecular formula is C23H24Cl2N2. The Morgan fingerprint density at radius 3 is 2.26 bits per heavy atom. The SMILES string of the molecule is CC(C)c1c(-c2ccc3[nH]cc(C(C)(C)C)c3c2)[nH]c2cc(Cl)c(Cl)cc12. The minimum absolute atomic E-state index is 0.0826. The number of aromatic amines is 2. The van der Waals surface area contributed by atoms with Crippen LogP contribution in [0.1, 0.15) is 51.7 Å². The second kappa shape index (κ2) is 6.32. The van der Waals surface area contributed by atoms with Gasteiger partial charge in [-0.25, -0.2) is 0 Å². The van der Waals surface area contributed by atoms with E-state index in [1.807, 2.05) is 12.1 Å². The molecule has 0 bridgehead atoms. The molecule has 4 heteroatoms. The molecule has 0 spiro atoms. The quantitative estimate of drug-likeness (QED) is 0.342. The molecule has 2 nitrogen and oxygen atoms in total. The summed E-state index contributed by atoms with van der Waals surface area (Å²) >= 11 is 12.6. The maximum absolute atomic E-state index is 6.30. The molecule has 4 aromatic rings. The standard InChI is InChI=1S/C23H24Cl2N2/c1-12(2)21-15-9-17(24)18(25)10-20(15)27-22(21)13-6-7-19-14(8-13)16(11-26-19)23(3,4)5/h6-12,26-27H,1-5H3. The molecule has 140 valence electrons. The third-order valence-electron chi connectivity index (χ3n) is 5.24. The first-order valence-corrected chi connectivity index (χ1v) is 10.0. The van der Waals surface area contributed by atoms with Crippen molar-refractivity contribution in [2.24, 2.45) is 0 Å². The third-order valence-corrected chi connectivity index (χ3v) is 5.96. The summed E-state index contributed by atoms with van der Waals surface area (Å²) < 4.78 is 0. The number of nitrogens with one attached hydrogen (secondary N) is 2. The molecule has 0 atom stereocenters. The van der Waals surface area contributed by atoms with E-state index in [1.54, 1.807) is 0 Å². The summed E-state index contributed by atoms with van der Waals surface area (Å²) in [6.07, 6.45) is 2.13. The smallest absolute Gasteiger partial charge is 0.0613 e. The summed E-state index contributed by atoms with van der Waals surface area (Å²) in [6.45, 7) is 11.2. The third kappa shape index (κ3) is 3.05. The number of aromatic nitrogens is 2. The highest BCUT2D eigenvalue weighted by Crippen LogP contribution is 2.40. The average molecular weight is 399 g/mol. The van der Waals surface area contributed by atoms with E-state index in [0.717, 1.165) is 22.1 Å². The van der Waals surface area contributed by atoms with Crippen LogP contribution < -0.4 is 0 Å². The van der Waals surface area contributed by atoms with E-state index in [1.165, 1.54) is 22.1 Å². The number of hydrogen-bond acceptors (Lipinski definition) is 0. The highest BCUT2D eigenvalue weighted by molar-refractivity contribution is 6.42. The molecule has 2 N–H and O–H groups in total. The largest absolute Gasteiger partial charge is 0.361 e. The van der Waals surface area contributed by atoms with Gasteiger partial charge in [0.25, 0.3) is 0 Å². The first-order valence-electron chi connectivity index (χ1n) is 9.29. The summed E-state index contributed by atoms with van der Waals surface area (Å²) in [4.78, 5) is 7.00. The molecule has 0 aliphatic rings. The van der Waals surface area contributed by atoms with Gasteiger partial charge in [0.15, 0.2) is 0 Å². The Kier molecular flexibility index (Phi) is 4.32. The lowest BCUT2D eigenvalue weighted by Gasteiger charge is -2.17. The van der Waals surface area contributed by atoms with E-state index >= 15 is 0 Å². The zero-order valence-corrected chi connectivity index (χ0v) is 17.8. The molecule has 2 aromatic heterocycles. The minimum Gasteiger partial charge on any atom is -0.361 e. The van der Waals surface area contributed by atoms with Crippen molar-refractivity contribution in [2.75, 3.05) is 0 Å². The van der Waals surface area contributed by atoms with Crippen LogP contribution >= 0.6 is 23.2 Å². The second-order valence-corrected chi connectivity index (χ2v) is 9.41. The maximum Gasteiger partial charge on any atom is 0.0613 e. The predicted octanol–water partition coefficient (Wildman–Crippen LogP) is 8.04. The van der Waals surface area contributed by atoms with Crippen LogP contribution in [0.5, 0.6) is 0 Å². The average Bonchev–Trinajstić information content (AvgIpc) is 3.15.